The Morgan fingerprint density at radius 2 is 2.09 bits per heavy atom. The van der Waals surface area contributed by atoms with Gasteiger partial charge in [0, 0.05) is 43.4 Å². The van der Waals surface area contributed by atoms with Gasteiger partial charge in [0.1, 0.15) is 0 Å². The molecule has 0 aliphatic carbocycles. The first-order valence-corrected chi connectivity index (χ1v) is 7.96. The number of halogens is 2. The first-order valence-electron chi connectivity index (χ1n) is 7.17. The predicted octanol–water partition coefficient (Wildman–Crippen LogP) is 2.25. The van der Waals surface area contributed by atoms with Crippen LogP contribution in [0.5, 0.6) is 0 Å². The molecule has 7 heteroatoms. The number of methoxy groups -OCH3 is 1. The van der Waals surface area contributed by atoms with Gasteiger partial charge in [-0.05, 0) is 31.2 Å². The zero-order valence-electron chi connectivity index (χ0n) is 12.8. The van der Waals surface area contributed by atoms with Crippen molar-refractivity contribution >= 4 is 39.9 Å². The molecule has 1 aliphatic rings. The Morgan fingerprint density at radius 3 is 2.77 bits per heavy atom. The van der Waals surface area contributed by atoms with E-state index in [2.05, 4.69) is 20.8 Å². The van der Waals surface area contributed by atoms with Crippen LogP contribution in [-0.2, 0) is 4.74 Å². The number of anilines is 1. The summed E-state index contributed by atoms with van der Waals surface area (Å²) in [6, 6.07) is 5.41. The molecule has 0 spiro atoms. The van der Waals surface area contributed by atoms with Crippen LogP contribution in [0.15, 0.2) is 22.7 Å². The summed E-state index contributed by atoms with van der Waals surface area (Å²) in [5.41, 5.74) is 7.07. The summed E-state index contributed by atoms with van der Waals surface area (Å²) < 4.78 is 6.00. The minimum absolute atomic E-state index is 0. The second-order valence-electron chi connectivity index (χ2n) is 5.21. The molecule has 2 N–H and O–H groups in total. The average Bonchev–Trinajstić information content (AvgIpc) is 2.70. The highest BCUT2D eigenvalue weighted by molar-refractivity contribution is 9.10. The highest BCUT2D eigenvalue weighted by Gasteiger charge is 2.21. The Balaban J connectivity index is 0.00000242. The molecule has 0 bridgehead atoms. The van der Waals surface area contributed by atoms with Gasteiger partial charge in [0.05, 0.1) is 12.2 Å². The number of hydrogen-bond acceptors (Lipinski definition) is 4. The van der Waals surface area contributed by atoms with Crippen LogP contribution in [0.4, 0.5) is 5.69 Å². The molecule has 1 heterocycles. The van der Waals surface area contributed by atoms with Crippen LogP contribution >= 0.6 is 28.3 Å². The van der Waals surface area contributed by atoms with Crippen molar-refractivity contribution < 1.29 is 9.53 Å². The van der Waals surface area contributed by atoms with E-state index in [-0.39, 0.29) is 18.3 Å². The summed E-state index contributed by atoms with van der Waals surface area (Å²) in [5, 5.41) is 0. The summed E-state index contributed by atoms with van der Waals surface area (Å²) in [6.45, 7) is 5.04. The number of rotatable bonds is 4. The molecule has 2 rings (SSSR count). The second-order valence-corrected chi connectivity index (χ2v) is 6.13. The molecule has 0 atom stereocenters. The fourth-order valence-electron chi connectivity index (χ4n) is 2.52. The van der Waals surface area contributed by atoms with Crippen LogP contribution in [0.2, 0.25) is 0 Å². The topological polar surface area (TPSA) is 58.8 Å². The van der Waals surface area contributed by atoms with Crippen LogP contribution in [0.25, 0.3) is 0 Å². The van der Waals surface area contributed by atoms with E-state index < -0.39 is 0 Å². The van der Waals surface area contributed by atoms with E-state index in [1.807, 2.05) is 11.0 Å². The number of carbonyl (C=O) groups is 1. The normalized spacial score (nSPS) is 16.0. The van der Waals surface area contributed by atoms with Crippen LogP contribution < -0.4 is 5.73 Å². The number of nitrogens with two attached hydrogens (primary N) is 1. The molecular formula is C15H23BrClN3O2. The van der Waals surface area contributed by atoms with Crippen LogP contribution in [0.3, 0.4) is 0 Å². The Morgan fingerprint density at radius 1 is 1.32 bits per heavy atom. The summed E-state index contributed by atoms with van der Waals surface area (Å²) in [5.74, 6) is 0.0218. The van der Waals surface area contributed by atoms with Crippen molar-refractivity contribution in [1.82, 2.24) is 9.80 Å². The largest absolute Gasteiger partial charge is 0.398 e. The van der Waals surface area contributed by atoms with Gasteiger partial charge in [-0.1, -0.05) is 15.9 Å². The third-order valence-corrected chi connectivity index (χ3v) is 4.22. The van der Waals surface area contributed by atoms with Gasteiger partial charge in [-0.3, -0.25) is 9.69 Å². The number of hydrogen-bond donors (Lipinski definition) is 1. The van der Waals surface area contributed by atoms with Gasteiger partial charge in [-0.2, -0.15) is 0 Å². The highest BCUT2D eigenvalue weighted by atomic mass is 79.9. The maximum atomic E-state index is 12.6. The Labute approximate surface area is 146 Å². The molecule has 1 saturated heterocycles. The van der Waals surface area contributed by atoms with Crippen LogP contribution in [-0.4, -0.2) is 62.1 Å². The van der Waals surface area contributed by atoms with Crippen molar-refractivity contribution in [3.63, 3.8) is 0 Å². The van der Waals surface area contributed by atoms with Crippen molar-refractivity contribution in [2.45, 2.75) is 6.42 Å². The fraction of sp³-hybridized carbons (Fsp3) is 0.533. The number of ether oxygens (including phenoxy) is 1. The molecule has 1 aromatic rings. The first kappa shape index (κ1) is 19.2. The molecule has 1 amide bonds. The molecule has 0 aromatic heterocycles. The summed E-state index contributed by atoms with van der Waals surface area (Å²) >= 11 is 3.36. The molecule has 0 radical (unpaired) electrons. The van der Waals surface area contributed by atoms with Crippen molar-refractivity contribution in [2.24, 2.45) is 0 Å². The Kier molecular flexibility index (Phi) is 8.17. The first-order chi connectivity index (χ1) is 10.1. The minimum atomic E-state index is 0. The molecule has 1 fully saturated rings. The van der Waals surface area contributed by atoms with E-state index in [1.54, 1.807) is 19.2 Å². The van der Waals surface area contributed by atoms with E-state index in [0.29, 0.717) is 11.3 Å². The maximum Gasteiger partial charge on any atom is 0.255 e. The standard InChI is InChI=1S/C15H22BrN3O2.ClH/c1-21-10-9-18-5-2-6-19(8-7-18)15(20)13-4-3-12(16)11-14(13)17;/h3-4,11H,2,5-10,17H2,1H3;1H. The highest BCUT2D eigenvalue weighted by Crippen LogP contribution is 2.20. The zero-order valence-corrected chi connectivity index (χ0v) is 15.2. The number of nitrogen functional groups attached to an aromatic ring is 1. The van der Waals surface area contributed by atoms with Gasteiger partial charge in [-0.25, -0.2) is 0 Å². The maximum absolute atomic E-state index is 12.6. The van der Waals surface area contributed by atoms with Crippen molar-refractivity contribution in [3.05, 3.63) is 28.2 Å². The van der Waals surface area contributed by atoms with Gasteiger partial charge < -0.3 is 15.4 Å². The number of benzene rings is 1. The SMILES string of the molecule is COCCN1CCCN(C(=O)c2ccc(Br)cc2N)CC1.Cl. The lowest BCUT2D eigenvalue weighted by molar-refractivity contribution is 0.0760. The number of amides is 1. The van der Waals surface area contributed by atoms with E-state index >= 15 is 0 Å². The average molecular weight is 393 g/mol. The molecule has 0 unspecified atom stereocenters. The molecule has 22 heavy (non-hydrogen) atoms. The van der Waals surface area contributed by atoms with Gasteiger partial charge in [0.2, 0.25) is 0 Å². The Bertz CT molecular complexity index is 502. The second kappa shape index (κ2) is 9.35. The molecule has 5 nitrogen and oxygen atoms in total. The fourth-order valence-corrected chi connectivity index (χ4v) is 2.90. The number of carbonyl (C=O) groups excluding carboxylic acids is 1. The van der Waals surface area contributed by atoms with Crippen molar-refractivity contribution in [3.8, 4) is 0 Å². The smallest absolute Gasteiger partial charge is 0.255 e. The molecular weight excluding hydrogens is 370 g/mol. The number of nitrogens with zero attached hydrogens (tertiary/aromatic N) is 2. The summed E-state index contributed by atoms with van der Waals surface area (Å²) in [7, 11) is 1.71. The van der Waals surface area contributed by atoms with Gasteiger partial charge in [0.15, 0.2) is 0 Å². The molecule has 1 aromatic carbocycles. The Hall–Kier alpha value is -0.820. The lowest BCUT2D eigenvalue weighted by Gasteiger charge is -2.22. The van der Waals surface area contributed by atoms with Crippen molar-refractivity contribution in [1.29, 1.82) is 0 Å². The van der Waals surface area contributed by atoms with E-state index in [0.717, 1.165) is 50.2 Å². The molecule has 124 valence electrons. The molecule has 0 saturated carbocycles. The van der Waals surface area contributed by atoms with Gasteiger partial charge >= 0.3 is 0 Å². The predicted molar refractivity (Wildman–Crippen MR) is 94.6 cm³/mol. The summed E-state index contributed by atoms with van der Waals surface area (Å²) in [6.07, 6.45) is 0.978. The quantitative estimate of drug-likeness (QED) is 0.799. The third kappa shape index (κ3) is 5.12. The lowest BCUT2D eigenvalue weighted by atomic mass is 10.1. The minimum Gasteiger partial charge on any atom is -0.398 e. The molecule has 1 aliphatic heterocycles. The van der Waals surface area contributed by atoms with Gasteiger partial charge in [0.25, 0.3) is 5.91 Å². The van der Waals surface area contributed by atoms with Crippen molar-refractivity contribution in [2.75, 3.05) is 52.2 Å². The zero-order chi connectivity index (χ0) is 15.2. The van der Waals surface area contributed by atoms with Crippen LogP contribution in [0.1, 0.15) is 16.8 Å². The van der Waals surface area contributed by atoms with Crippen LogP contribution in [0, 0.1) is 0 Å². The lowest BCUT2D eigenvalue weighted by Crippen LogP contribution is -2.36. The van der Waals surface area contributed by atoms with E-state index in [9.17, 15) is 4.79 Å². The third-order valence-electron chi connectivity index (χ3n) is 3.73. The van der Waals surface area contributed by atoms with E-state index in [4.69, 9.17) is 10.5 Å². The summed E-state index contributed by atoms with van der Waals surface area (Å²) in [4.78, 5) is 16.8. The van der Waals surface area contributed by atoms with E-state index in [1.165, 1.54) is 0 Å². The van der Waals surface area contributed by atoms with Gasteiger partial charge in [-0.15, -0.1) is 12.4 Å². The monoisotopic (exact) mass is 391 g/mol.